The van der Waals surface area contributed by atoms with Gasteiger partial charge in [0, 0.05) is 10.9 Å². The number of halogens is 1. The molecule has 0 amide bonds. The average Bonchev–Trinajstić information content (AvgIpc) is 2.94. The molecule has 1 atom stereocenters. The third-order valence-corrected chi connectivity index (χ3v) is 7.45. The van der Waals surface area contributed by atoms with E-state index in [4.69, 9.17) is 23.7 Å². The predicted molar refractivity (Wildman–Crippen MR) is 143 cm³/mol. The molecule has 0 saturated carbocycles. The van der Waals surface area contributed by atoms with Crippen LogP contribution in [0.3, 0.4) is 0 Å². The van der Waals surface area contributed by atoms with Gasteiger partial charge in [0.1, 0.15) is 16.5 Å². The monoisotopic (exact) mass is 522 g/mol. The third kappa shape index (κ3) is 4.84. The van der Waals surface area contributed by atoms with Gasteiger partial charge in [-0.15, -0.1) is 0 Å². The topological polar surface area (TPSA) is 63.2 Å². The largest absolute Gasteiger partial charge is 0.495 e. The molecular weight excluding hydrogens is 495 g/mol. The summed E-state index contributed by atoms with van der Waals surface area (Å²) >= 11 is 0. The summed E-state index contributed by atoms with van der Waals surface area (Å²) in [6, 6.07) is 17.3. The Balaban J connectivity index is 2.08. The molecule has 0 radical (unpaired) electrons. The summed E-state index contributed by atoms with van der Waals surface area (Å²) in [6.45, 7) is 0. The van der Waals surface area contributed by atoms with Crippen molar-refractivity contribution in [3.05, 3.63) is 77.6 Å². The van der Waals surface area contributed by atoms with Crippen molar-refractivity contribution in [3.63, 3.8) is 0 Å². The zero-order chi connectivity index (χ0) is 26.5. The molecule has 0 unspecified atom stereocenters. The molecule has 37 heavy (non-hydrogen) atoms. The van der Waals surface area contributed by atoms with E-state index in [-0.39, 0.29) is 23.1 Å². The van der Waals surface area contributed by atoms with E-state index in [1.54, 1.807) is 30.4 Å². The molecule has 0 fully saturated rings. The van der Waals surface area contributed by atoms with Crippen LogP contribution in [-0.2, 0) is 10.8 Å². The highest BCUT2D eigenvalue weighted by molar-refractivity contribution is 7.85. The molecule has 0 aliphatic heterocycles. The molecule has 0 saturated heterocycles. The fraction of sp³-hybridized carbons (Fsp3) is 0.172. The van der Waals surface area contributed by atoms with Crippen LogP contribution in [0, 0.1) is 5.82 Å². The molecule has 4 aromatic rings. The number of hydrogen-bond acceptors (Lipinski definition) is 6. The molecular formula is C29H27FO6S. The summed E-state index contributed by atoms with van der Waals surface area (Å²) < 4.78 is 56.4. The molecule has 0 aliphatic carbocycles. The number of benzene rings is 4. The minimum absolute atomic E-state index is 0.229. The van der Waals surface area contributed by atoms with Gasteiger partial charge >= 0.3 is 0 Å². The summed E-state index contributed by atoms with van der Waals surface area (Å²) in [4.78, 5) is 0.787. The van der Waals surface area contributed by atoms with Crippen molar-refractivity contribution in [1.82, 2.24) is 0 Å². The summed E-state index contributed by atoms with van der Waals surface area (Å²) in [7, 11) is 5.62. The van der Waals surface area contributed by atoms with Gasteiger partial charge in [-0.05, 0) is 35.2 Å². The van der Waals surface area contributed by atoms with E-state index < -0.39 is 10.8 Å². The van der Waals surface area contributed by atoms with Gasteiger partial charge in [0.15, 0.2) is 11.5 Å². The first-order chi connectivity index (χ1) is 18.0. The number of hydrogen-bond donors (Lipinski definition) is 0. The Bertz CT molecular complexity index is 1480. The minimum atomic E-state index is -1.83. The van der Waals surface area contributed by atoms with Crippen molar-refractivity contribution in [2.75, 3.05) is 35.5 Å². The summed E-state index contributed by atoms with van der Waals surface area (Å²) in [5, 5.41) is 1.67. The molecule has 8 heteroatoms. The lowest BCUT2D eigenvalue weighted by Crippen LogP contribution is -2.07. The summed E-state index contributed by atoms with van der Waals surface area (Å²) in [5.74, 6) is 1.18. The lowest BCUT2D eigenvalue weighted by Gasteiger charge is -2.22. The number of rotatable bonds is 9. The van der Waals surface area contributed by atoms with Gasteiger partial charge in [0.25, 0.3) is 0 Å². The van der Waals surface area contributed by atoms with Crippen LogP contribution in [0.1, 0.15) is 11.1 Å². The molecule has 0 aromatic heterocycles. The molecule has 6 nitrogen and oxygen atoms in total. The zero-order valence-electron chi connectivity index (χ0n) is 21.2. The highest BCUT2D eigenvalue weighted by Crippen LogP contribution is 2.53. The van der Waals surface area contributed by atoms with Gasteiger partial charge in [-0.2, -0.15) is 0 Å². The van der Waals surface area contributed by atoms with Crippen molar-refractivity contribution in [2.24, 2.45) is 0 Å². The highest BCUT2D eigenvalue weighted by Gasteiger charge is 2.32. The first kappa shape index (κ1) is 26.0. The van der Waals surface area contributed by atoms with Crippen molar-refractivity contribution >= 4 is 33.7 Å². The fourth-order valence-electron chi connectivity index (χ4n) is 4.18. The molecule has 0 heterocycles. The quantitative estimate of drug-likeness (QED) is 0.239. The van der Waals surface area contributed by atoms with E-state index in [2.05, 4.69) is 0 Å². The van der Waals surface area contributed by atoms with Crippen LogP contribution in [-0.4, -0.2) is 39.8 Å². The van der Waals surface area contributed by atoms with Gasteiger partial charge in [0.2, 0.25) is 11.5 Å². The lowest BCUT2D eigenvalue weighted by molar-refractivity contribution is 0.300. The smallest absolute Gasteiger partial charge is 0.208 e. The Morgan fingerprint density at radius 2 is 1.27 bits per heavy atom. The second-order valence-corrected chi connectivity index (χ2v) is 9.20. The Morgan fingerprint density at radius 3 is 1.89 bits per heavy atom. The van der Waals surface area contributed by atoms with Crippen molar-refractivity contribution < 1.29 is 32.3 Å². The SMILES string of the molecule is COc1ccc2ccccc2c1[S@](=O)c1c(/C=C/c2ccc(F)cc2)c(OC)c(OC)c(OC)c1OC. The normalized spacial score (nSPS) is 11.9. The summed E-state index contributed by atoms with van der Waals surface area (Å²) in [5.41, 5.74) is 1.19. The maximum absolute atomic E-state index is 14.5. The zero-order valence-corrected chi connectivity index (χ0v) is 22.0. The van der Waals surface area contributed by atoms with E-state index in [0.29, 0.717) is 26.9 Å². The van der Waals surface area contributed by atoms with Crippen LogP contribution >= 0.6 is 0 Å². The maximum Gasteiger partial charge on any atom is 0.208 e. The van der Waals surface area contributed by atoms with Crippen LogP contribution in [0.15, 0.2) is 70.5 Å². The van der Waals surface area contributed by atoms with E-state index in [0.717, 1.165) is 16.3 Å². The summed E-state index contributed by atoms with van der Waals surface area (Å²) in [6.07, 6.45) is 3.51. The molecule has 0 N–H and O–H groups in total. The Labute approximate surface area is 217 Å². The van der Waals surface area contributed by atoms with Crippen LogP contribution < -0.4 is 23.7 Å². The Kier molecular flexibility index (Phi) is 7.98. The van der Waals surface area contributed by atoms with E-state index in [1.807, 2.05) is 30.3 Å². The van der Waals surface area contributed by atoms with Crippen molar-refractivity contribution in [1.29, 1.82) is 0 Å². The van der Waals surface area contributed by atoms with Crippen LogP contribution in [0.4, 0.5) is 4.39 Å². The minimum Gasteiger partial charge on any atom is -0.495 e. The van der Waals surface area contributed by atoms with Crippen molar-refractivity contribution in [2.45, 2.75) is 9.79 Å². The lowest BCUT2D eigenvalue weighted by atomic mass is 10.1. The third-order valence-electron chi connectivity index (χ3n) is 5.88. The van der Waals surface area contributed by atoms with E-state index in [1.165, 1.54) is 47.7 Å². The Morgan fingerprint density at radius 1 is 0.649 bits per heavy atom. The maximum atomic E-state index is 14.5. The molecule has 192 valence electrons. The fourth-order valence-corrected chi connectivity index (χ4v) is 5.81. The van der Waals surface area contributed by atoms with Crippen molar-refractivity contribution in [3.8, 4) is 28.7 Å². The van der Waals surface area contributed by atoms with Crippen LogP contribution in [0.25, 0.3) is 22.9 Å². The second kappa shape index (κ2) is 11.3. The molecule has 0 bridgehead atoms. The highest BCUT2D eigenvalue weighted by atomic mass is 32.2. The average molecular weight is 523 g/mol. The predicted octanol–water partition coefficient (Wildman–Crippen LogP) is 6.36. The molecule has 4 rings (SSSR count). The van der Waals surface area contributed by atoms with Crippen LogP contribution in [0.2, 0.25) is 0 Å². The van der Waals surface area contributed by atoms with Gasteiger partial charge in [-0.25, -0.2) is 8.60 Å². The van der Waals surface area contributed by atoms with Gasteiger partial charge < -0.3 is 23.7 Å². The molecule has 4 aromatic carbocycles. The van der Waals surface area contributed by atoms with E-state index >= 15 is 0 Å². The number of methoxy groups -OCH3 is 5. The van der Waals surface area contributed by atoms with E-state index in [9.17, 15) is 8.60 Å². The number of ether oxygens (including phenoxy) is 5. The standard InChI is InChI=1S/C29H27FO6S/c1-32-23-17-13-19-8-6-7-9-21(19)28(23)37(31)29-22(16-12-18-10-14-20(30)15-11-18)24(33-2)25(34-3)26(35-4)27(29)36-5/h6-17H,1-5H3/b16-12+/t37-/m0/s1. The number of fused-ring (bicyclic) bond motifs is 1. The van der Waals surface area contributed by atoms with Gasteiger partial charge in [0.05, 0.1) is 51.2 Å². The van der Waals surface area contributed by atoms with Crippen LogP contribution in [0.5, 0.6) is 28.7 Å². The van der Waals surface area contributed by atoms with Gasteiger partial charge in [-0.3, -0.25) is 0 Å². The molecule has 0 spiro atoms. The first-order valence-corrected chi connectivity index (χ1v) is 12.4. The Hall–Kier alpha value is -4.04. The first-order valence-electron chi connectivity index (χ1n) is 11.3. The molecule has 0 aliphatic rings. The van der Waals surface area contributed by atoms with Gasteiger partial charge in [-0.1, -0.05) is 48.5 Å². The second-order valence-electron chi connectivity index (χ2n) is 7.85.